The molecule has 1 heterocycles. The Morgan fingerprint density at radius 3 is 2.20 bits per heavy atom. The molecule has 0 saturated carbocycles. The summed E-state index contributed by atoms with van der Waals surface area (Å²) < 4.78 is 26.0. The molecule has 0 N–H and O–H groups in total. The van der Waals surface area contributed by atoms with Gasteiger partial charge in [-0.05, 0) is 18.2 Å². The van der Waals surface area contributed by atoms with Crippen molar-refractivity contribution in [1.29, 1.82) is 0 Å². The Balaban J connectivity index is 2.01. The van der Waals surface area contributed by atoms with Crippen LogP contribution < -0.4 is 0 Å². The molecular weight excluding hydrogens is 266 g/mol. The average molecular weight is 282 g/mol. The zero-order chi connectivity index (χ0) is 14.7. The van der Waals surface area contributed by atoms with Gasteiger partial charge in [0.1, 0.15) is 0 Å². The van der Waals surface area contributed by atoms with Gasteiger partial charge in [-0.1, -0.05) is 6.92 Å². The molecule has 0 atom stereocenters. The molecule has 108 valence electrons. The molecule has 0 radical (unpaired) electrons. The zero-order valence-corrected chi connectivity index (χ0v) is 11.2. The number of amides is 2. The SMILES string of the molecule is CCC(=O)N1CCN(C(=O)c2ccc(F)c(F)c2)CC1. The summed E-state index contributed by atoms with van der Waals surface area (Å²) in [6, 6.07) is 3.12. The number of piperazine rings is 1. The van der Waals surface area contributed by atoms with E-state index < -0.39 is 11.6 Å². The van der Waals surface area contributed by atoms with Gasteiger partial charge in [0.05, 0.1) is 0 Å². The summed E-state index contributed by atoms with van der Waals surface area (Å²) in [4.78, 5) is 26.9. The molecule has 1 fully saturated rings. The molecule has 0 aromatic heterocycles. The molecule has 1 aromatic rings. The van der Waals surface area contributed by atoms with Crippen LogP contribution in [-0.4, -0.2) is 47.8 Å². The second-order valence-corrected chi connectivity index (χ2v) is 4.66. The van der Waals surface area contributed by atoms with Gasteiger partial charge in [0.15, 0.2) is 11.6 Å². The lowest BCUT2D eigenvalue weighted by Gasteiger charge is -2.34. The molecule has 6 heteroatoms. The Hall–Kier alpha value is -1.98. The predicted octanol–water partition coefficient (Wildman–Crippen LogP) is 1.66. The third-order valence-corrected chi connectivity index (χ3v) is 3.39. The number of halogens is 2. The Morgan fingerprint density at radius 2 is 1.65 bits per heavy atom. The van der Waals surface area contributed by atoms with Gasteiger partial charge >= 0.3 is 0 Å². The van der Waals surface area contributed by atoms with Crippen LogP contribution in [0.5, 0.6) is 0 Å². The number of benzene rings is 1. The molecule has 0 bridgehead atoms. The maximum atomic E-state index is 13.1. The van der Waals surface area contributed by atoms with E-state index in [1.165, 1.54) is 6.07 Å². The van der Waals surface area contributed by atoms with Crippen LogP contribution in [0, 0.1) is 11.6 Å². The number of carbonyl (C=O) groups is 2. The van der Waals surface area contributed by atoms with Crippen molar-refractivity contribution < 1.29 is 18.4 Å². The normalized spacial score (nSPS) is 15.3. The van der Waals surface area contributed by atoms with Gasteiger partial charge in [-0.2, -0.15) is 0 Å². The molecular formula is C14H16F2N2O2. The molecule has 0 aliphatic carbocycles. The van der Waals surface area contributed by atoms with Crippen molar-refractivity contribution in [3.63, 3.8) is 0 Å². The van der Waals surface area contributed by atoms with Gasteiger partial charge in [0, 0.05) is 38.2 Å². The van der Waals surface area contributed by atoms with Gasteiger partial charge < -0.3 is 9.80 Å². The fourth-order valence-electron chi connectivity index (χ4n) is 2.19. The largest absolute Gasteiger partial charge is 0.339 e. The minimum atomic E-state index is -1.03. The highest BCUT2D eigenvalue weighted by atomic mass is 19.2. The smallest absolute Gasteiger partial charge is 0.254 e. The first-order valence-electron chi connectivity index (χ1n) is 6.55. The van der Waals surface area contributed by atoms with Gasteiger partial charge in [-0.25, -0.2) is 8.78 Å². The van der Waals surface area contributed by atoms with Crippen molar-refractivity contribution in [2.24, 2.45) is 0 Å². The summed E-state index contributed by atoms with van der Waals surface area (Å²) >= 11 is 0. The van der Waals surface area contributed by atoms with E-state index in [1.807, 2.05) is 0 Å². The molecule has 1 aliphatic rings. The van der Waals surface area contributed by atoms with Crippen LogP contribution in [0.4, 0.5) is 8.78 Å². The van der Waals surface area contributed by atoms with Gasteiger partial charge in [-0.15, -0.1) is 0 Å². The van der Waals surface area contributed by atoms with E-state index in [2.05, 4.69) is 0 Å². The zero-order valence-electron chi connectivity index (χ0n) is 11.2. The fraction of sp³-hybridized carbons (Fsp3) is 0.429. The number of hydrogen-bond acceptors (Lipinski definition) is 2. The number of rotatable bonds is 2. The van der Waals surface area contributed by atoms with E-state index >= 15 is 0 Å². The Labute approximate surface area is 116 Å². The van der Waals surface area contributed by atoms with E-state index in [1.54, 1.807) is 16.7 Å². The lowest BCUT2D eigenvalue weighted by molar-refractivity contribution is -0.132. The molecule has 2 rings (SSSR count). The summed E-state index contributed by atoms with van der Waals surface area (Å²) in [5, 5.41) is 0. The van der Waals surface area contributed by atoms with Crippen molar-refractivity contribution in [3.05, 3.63) is 35.4 Å². The Morgan fingerprint density at radius 1 is 1.05 bits per heavy atom. The molecule has 20 heavy (non-hydrogen) atoms. The quantitative estimate of drug-likeness (QED) is 0.827. The number of carbonyl (C=O) groups excluding carboxylic acids is 2. The second-order valence-electron chi connectivity index (χ2n) is 4.66. The number of hydrogen-bond donors (Lipinski definition) is 0. The van der Waals surface area contributed by atoms with Gasteiger partial charge in [0.2, 0.25) is 5.91 Å². The summed E-state index contributed by atoms with van der Waals surface area (Å²) in [7, 11) is 0. The first-order chi connectivity index (χ1) is 9.52. The summed E-state index contributed by atoms with van der Waals surface area (Å²) in [5.41, 5.74) is 0.124. The van der Waals surface area contributed by atoms with E-state index in [0.717, 1.165) is 12.1 Å². The van der Waals surface area contributed by atoms with Crippen molar-refractivity contribution in [3.8, 4) is 0 Å². The van der Waals surface area contributed by atoms with Crippen LogP contribution in [0.3, 0.4) is 0 Å². The van der Waals surface area contributed by atoms with Crippen LogP contribution in [-0.2, 0) is 4.79 Å². The monoisotopic (exact) mass is 282 g/mol. The van der Waals surface area contributed by atoms with Crippen molar-refractivity contribution in [1.82, 2.24) is 9.80 Å². The highest BCUT2D eigenvalue weighted by Crippen LogP contribution is 2.13. The maximum Gasteiger partial charge on any atom is 0.254 e. The van der Waals surface area contributed by atoms with Crippen molar-refractivity contribution in [2.75, 3.05) is 26.2 Å². The Kier molecular flexibility index (Phi) is 4.32. The molecule has 4 nitrogen and oxygen atoms in total. The first-order valence-corrected chi connectivity index (χ1v) is 6.55. The van der Waals surface area contributed by atoms with Crippen LogP contribution in [0.1, 0.15) is 23.7 Å². The summed E-state index contributed by atoms with van der Waals surface area (Å²) in [6.07, 6.45) is 0.442. The molecule has 0 spiro atoms. The predicted molar refractivity (Wildman–Crippen MR) is 69.1 cm³/mol. The lowest BCUT2D eigenvalue weighted by atomic mass is 10.1. The maximum absolute atomic E-state index is 13.1. The average Bonchev–Trinajstić information content (AvgIpc) is 2.48. The van der Waals surface area contributed by atoms with Gasteiger partial charge in [-0.3, -0.25) is 9.59 Å². The van der Waals surface area contributed by atoms with Crippen LogP contribution in [0.2, 0.25) is 0 Å². The third kappa shape index (κ3) is 2.95. The fourth-order valence-corrected chi connectivity index (χ4v) is 2.19. The minimum absolute atomic E-state index is 0.0601. The first kappa shape index (κ1) is 14.4. The third-order valence-electron chi connectivity index (χ3n) is 3.39. The van der Waals surface area contributed by atoms with Crippen molar-refractivity contribution in [2.45, 2.75) is 13.3 Å². The molecule has 0 unspecified atom stereocenters. The van der Waals surface area contributed by atoms with Crippen LogP contribution >= 0.6 is 0 Å². The highest BCUT2D eigenvalue weighted by molar-refractivity contribution is 5.94. The van der Waals surface area contributed by atoms with E-state index in [0.29, 0.717) is 32.6 Å². The molecule has 1 aliphatic heterocycles. The summed E-state index contributed by atoms with van der Waals surface area (Å²) in [6.45, 7) is 3.55. The standard InChI is InChI=1S/C14H16F2N2O2/c1-2-13(19)17-5-7-18(8-6-17)14(20)10-3-4-11(15)12(16)9-10/h3-4,9H,2,5-8H2,1H3. The Bertz CT molecular complexity index is 526. The highest BCUT2D eigenvalue weighted by Gasteiger charge is 2.24. The van der Waals surface area contributed by atoms with Crippen molar-refractivity contribution >= 4 is 11.8 Å². The topological polar surface area (TPSA) is 40.6 Å². The van der Waals surface area contributed by atoms with E-state index in [4.69, 9.17) is 0 Å². The molecule has 2 amide bonds. The second kappa shape index (κ2) is 5.98. The van der Waals surface area contributed by atoms with Gasteiger partial charge in [0.25, 0.3) is 5.91 Å². The van der Waals surface area contributed by atoms with E-state index in [-0.39, 0.29) is 17.4 Å². The van der Waals surface area contributed by atoms with Crippen LogP contribution in [0.25, 0.3) is 0 Å². The lowest BCUT2D eigenvalue weighted by Crippen LogP contribution is -2.50. The number of nitrogens with zero attached hydrogens (tertiary/aromatic N) is 2. The van der Waals surface area contributed by atoms with E-state index in [9.17, 15) is 18.4 Å². The van der Waals surface area contributed by atoms with Crippen LogP contribution in [0.15, 0.2) is 18.2 Å². The minimum Gasteiger partial charge on any atom is -0.339 e. The summed E-state index contributed by atoms with van der Waals surface area (Å²) in [5.74, 6) is -2.28. The molecule has 1 aromatic carbocycles. The molecule has 1 saturated heterocycles.